The molecule has 4 nitrogen and oxygen atoms in total. The molecule has 0 fully saturated rings. The minimum atomic E-state index is 0.612. The standard InChI is InChI=1S/C11H22N4/c1-10(2)9-11(3)12-5-4-7-15-8-6-13-14-15/h6,8,10-12H,4-5,7,9H2,1-3H3. The normalized spacial score (nSPS) is 13.3. The van der Waals surface area contributed by atoms with Gasteiger partial charge in [0, 0.05) is 18.8 Å². The molecule has 1 atom stereocenters. The quantitative estimate of drug-likeness (QED) is 0.696. The summed E-state index contributed by atoms with van der Waals surface area (Å²) in [5.41, 5.74) is 0. The van der Waals surface area contributed by atoms with Gasteiger partial charge in [-0.25, -0.2) is 0 Å². The molecule has 0 saturated carbocycles. The minimum absolute atomic E-state index is 0.612. The second-order valence-corrected chi connectivity index (χ2v) is 4.50. The SMILES string of the molecule is CC(C)CC(C)NCCCn1ccnn1. The molecule has 0 aliphatic rings. The van der Waals surface area contributed by atoms with E-state index in [4.69, 9.17) is 0 Å². The summed E-state index contributed by atoms with van der Waals surface area (Å²) >= 11 is 0. The van der Waals surface area contributed by atoms with Crippen molar-refractivity contribution in [3.05, 3.63) is 12.4 Å². The predicted molar refractivity (Wildman–Crippen MR) is 61.6 cm³/mol. The maximum atomic E-state index is 3.92. The zero-order valence-electron chi connectivity index (χ0n) is 9.98. The molecule has 4 heteroatoms. The fraction of sp³-hybridized carbons (Fsp3) is 0.818. The van der Waals surface area contributed by atoms with E-state index in [1.54, 1.807) is 6.20 Å². The molecular formula is C11H22N4. The van der Waals surface area contributed by atoms with E-state index >= 15 is 0 Å². The summed E-state index contributed by atoms with van der Waals surface area (Å²) in [6.45, 7) is 8.76. The van der Waals surface area contributed by atoms with Crippen LogP contribution in [0.4, 0.5) is 0 Å². The van der Waals surface area contributed by atoms with E-state index < -0.39 is 0 Å². The number of aryl methyl sites for hydroxylation is 1. The molecule has 0 amide bonds. The maximum absolute atomic E-state index is 3.92. The first-order valence-electron chi connectivity index (χ1n) is 5.76. The van der Waals surface area contributed by atoms with Crippen molar-refractivity contribution in [1.29, 1.82) is 0 Å². The van der Waals surface area contributed by atoms with Gasteiger partial charge in [-0.05, 0) is 32.2 Å². The van der Waals surface area contributed by atoms with Crippen LogP contribution >= 0.6 is 0 Å². The largest absolute Gasteiger partial charge is 0.314 e. The molecule has 86 valence electrons. The van der Waals surface area contributed by atoms with Gasteiger partial charge >= 0.3 is 0 Å². The van der Waals surface area contributed by atoms with E-state index in [2.05, 4.69) is 36.4 Å². The fourth-order valence-corrected chi connectivity index (χ4v) is 1.73. The molecule has 1 heterocycles. The first-order chi connectivity index (χ1) is 7.18. The lowest BCUT2D eigenvalue weighted by Crippen LogP contribution is -2.28. The van der Waals surface area contributed by atoms with E-state index in [0.717, 1.165) is 25.4 Å². The van der Waals surface area contributed by atoms with Crippen LogP contribution in [0.15, 0.2) is 12.4 Å². The molecule has 1 aromatic rings. The molecule has 0 radical (unpaired) electrons. The Labute approximate surface area is 92.1 Å². The van der Waals surface area contributed by atoms with Gasteiger partial charge < -0.3 is 5.32 Å². The molecule has 1 N–H and O–H groups in total. The Bertz CT molecular complexity index is 243. The van der Waals surface area contributed by atoms with Crippen LogP contribution in [0.2, 0.25) is 0 Å². The highest BCUT2D eigenvalue weighted by Crippen LogP contribution is 2.03. The van der Waals surface area contributed by atoms with Crippen molar-refractivity contribution in [3.8, 4) is 0 Å². The van der Waals surface area contributed by atoms with Crippen molar-refractivity contribution in [2.75, 3.05) is 6.54 Å². The molecule has 0 spiro atoms. The minimum Gasteiger partial charge on any atom is -0.314 e. The van der Waals surface area contributed by atoms with Crippen LogP contribution in [-0.4, -0.2) is 27.6 Å². The number of nitrogens with zero attached hydrogens (tertiary/aromatic N) is 3. The first-order valence-corrected chi connectivity index (χ1v) is 5.76. The van der Waals surface area contributed by atoms with Crippen LogP contribution in [0, 0.1) is 5.92 Å². The summed E-state index contributed by atoms with van der Waals surface area (Å²) in [5, 5.41) is 11.2. The zero-order valence-corrected chi connectivity index (χ0v) is 9.98. The van der Waals surface area contributed by atoms with Crippen LogP contribution in [0.1, 0.15) is 33.6 Å². The summed E-state index contributed by atoms with van der Waals surface area (Å²) in [7, 11) is 0. The Balaban J connectivity index is 2.01. The Kier molecular flexibility index (Phi) is 5.32. The van der Waals surface area contributed by atoms with Gasteiger partial charge in [0.15, 0.2) is 0 Å². The number of aromatic nitrogens is 3. The van der Waals surface area contributed by atoms with Crippen LogP contribution in [0.25, 0.3) is 0 Å². The molecule has 0 saturated heterocycles. The molecule has 15 heavy (non-hydrogen) atoms. The van der Waals surface area contributed by atoms with Crippen LogP contribution < -0.4 is 5.32 Å². The molecule has 0 aliphatic heterocycles. The summed E-state index contributed by atoms with van der Waals surface area (Å²) in [5.74, 6) is 0.766. The molecule has 1 unspecified atom stereocenters. The highest BCUT2D eigenvalue weighted by atomic mass is 15.4. The van der Waals surface area contributed by atoms with Gasteiger partial charge in [-0.1, -0.05) is 19.1 Å². The summed E-state index contributed by atoms with van der Waals surface area (Å²) in [6.07, 6.45) is 5.96. The van der Waals surface area contributed by atoms with E-state index in [0.29, 0.717) is 6.04 Å². The van der Waals surface area contributed by atoms with Gasteiger partial charge in [-0.3, -0.25) is 4.68 Å². The number of rotatable bonds is 7. The Hall–Kier alpha value is -0.900. The van der Waals surface area contributed by atoms with Gasteiger partial charge in [0.1, 0.15) is 0 Å². The Morgan fingerprint density at radius 3 is 2.73 bits per heavy atom. The second-order valence-electron chi connectivity index (χ2n) is 4.50. The zero-order chi connectivity index (χ0) is 11.1. The topological polar surface area (TPSA) is 42.7 Å². The summed E-state index contributed by atoms with van der Waals surface area (Å²) < 4.78 is 1.87. The first kappa shape index (κ1) is 12.2. The van der Waals surface area contributed by atoms with E-state index in [1.165, 1.54) is 6.42 Å². The highest BCUT2D eigenvalue weighted by Gasteiger charge is 2.03. The maximum Gasteiger partial charge on any atom is 0.0692 e. The van der Waals surface area contributed by atoms with Gasteiger partial charge in [0.05, 0.1) is 6.20 Å². The van der Waals surface area contributed by atoms with Crippen LogP contribution in [0.5, 0.6) is 0 Å². The molecular weight excluding hydrogens is 188 g/mol. The number of hydrogen-bond donors (Lipinski definition) is 1. The highest BCUT2D eigenvalue weighted by molar-refractivity contribution is 4.65. The Morgan fingerprint density at radius 1 is 1.33 bits per heavy atom. The number of nitrogens with one attached hydrogen (secondary N) is 1. The summed E-state index contributed by atoms with van der Waals surface area (Å²) in [4.78, 5) is 0. The molecule has 1 aromatic heterocycles. The third kappa shape index (κ3) is 5.52. The fourth-order valence-electron chi connectivity index (χ4n) is 1.73. The van der Waals surface area contributed by atoms with Gasteiger partial charge in [-0.2, -0.15) is 0 Å². The van der Waals surface area contributed by atoms with E-state index in [9.17, 15) is 0 Å². The molecule has 0 aromatic carbocycles. The Morgan fingerprint density at radius 2 is 2.13 bits per heavy atom. The summed E-state index contributed by atoms with van der Waals surface area (Å²) in [6, 6.07) is 0.612. The van der Waals surface area contributed by atoms with Gasteiger partial charge in [0.25, 0.3) is 0 Å². The van der Waals surface area contributed by atoms with Crippen molar-refractivity contribution in [2.24, 2.45) is 5.92 Å². The van der Waals surface area contributed by atoms with Crippen molar-refractivity contribution < 1.29 is 0 Å². The van der Waals surface area contributed by atoms with Gasteiger partial charge in [0.2, 0.25) is 0 Å². The molecule has 0 bridgehead atoms. The van der Waals surface area contributed by atoms with Crippen molar-refractivity contribution in [1.82, 2.24) is 20.3 Å². The lowest BCUT2D eigenvalue weighted by molar-refractivity contribution is 0.427. The lowest BCUT2D eigenvalue weighted by atomic mass is 10.1. The molecule has 1 rings (SSSR count). The average molecular weight is 210 g/mol. The van der Waals surface area contributed by atoms with Crippen LogP contribution in [-0.2, 0) is 6.54 Å². The van der Waals surface area contributed by atoms with Crippen molar-refractivity contribution >= 4 is 0 Å². The third-order valence-corrected chi connectivity index (χ3v) is 2.35. The van der Waals surface area contributed by atoms with Crippen LogP contribution in [0.3, 0.4) is 0 Å². The third-order valence-electron chi connectivity index (χ3n) is 2.35. The predicted octanol–water partition coefficient (Wildman–Crippen LogP) is 1.69. The van der Waals surface area contributed by atoms with E-state index in [1.807, 2.05) is 10.9 Å². The van der Waals surface area contributed by atoms with Crippen molar-refractivity contribution in [2.45, 2.75) is 46.2 Å². The molecule has 0 aliphatic carbocycles. The lowest BCUT2D eigenvalue weighted by Gasteiger charge is -2.15. The van der Waals surface area contributed by atoms with E-state index in [-0.39, 0.29) is 0 Å². The second kappa shape index (κ2) is 6.56. The monoisotopic (exact) mass is 210 g/mol. The smallest absolute Gasteiger partial charge is 0.0692 e. The van der Waals surface area contributed by atoms with Crippen molar-refractivity contribution in [3.63, 3.8) is 0 Å². The van der Waals surface area contributed by atoms with Gasteiger partial charge in [-0.15, -0.1) is 5.10 Å². The average Bonchev–Trinajstić information content (AvgIpc) is 2.63. The number of hydrogen-bond acceptors (Lipinski definition) is 3.